The van der Waals surface area contributed by atoms with Crippen molar-refractivity contribution in [2.45, 2.75) is 23.8 Å². The van der Waals surface area contributed by atoms with Crippen LogP contribution in [0, 0.1) is 24.0 Å². The standard InChI is InChI=1S/C14H12N2O3S/c1-9-5-10(2)15-14(6-9)20-13-4-3-11(8-17)7-12(13)16(18)19/h3-8H,1-2H3. The average molecular weight is 288 g/mol. The number of carbonyl (C=O) groups excluding carboxylic acids is 1. The van der Waals surface area contributed by atoms with Gasteiger partial charge in [-0.1, -0.05) is 17.8 Å². The molecule has 2 aromatic rings. The molecule has 1 heterocycles. The van der Waals surface area contributed by atoms with Gasteiger partial charge in [0.2, 0.25) is 0 Å². The average Bonchev–Trinajstić information content (AvgIpc) is 2.37. The maximum atomic E-state index is 11.1. The molecule has 0 unspecified atom stereocenters. The number of carbonyl (C=O) groups is 1. The third-order valence-electron chi connectivity index (χ3n) is 2.60. The molecule has 0 atom stereocenters. The summed E-state index contributed by atoms with van der Waals surface area (Å²) in [4.78, 5) is 26.1. The Morgan fingerprint density at radius 1 is 1.25 bits per heavy atom. The number of rotatable bonds is 4. The van der Waals surface area contributed by atoms with E-state index in [4.69, 9.17) is 0 Å². The smallest absolute Gasteiger partial charge is 0.284 e. The molecule has 0 bridgehead atoms. The molecule has 0 spiro atoms. The van der Waals surface area contributed by atoms with Crippen LogP contribution in [0.25, 0.3) is 0 Å². The minimum absolute atomic E-state index is 0.0828. The number of benzene rings is 1. The second kappa shape index (κ2) is 5.83. The summed E-state index contributed by atoms with van der Waals surface area (Å²) in [5, 5.41) is 11.8. The number of hydrogen-bond donors (Lipinski definition) is 0. The van der Waals surface area contributed by atoms with Crippen molar-refractivity contribution in [2.24, 2.45) is 0 Å². The van der Waals surface area contributed by atoms with Gasteiger partial charge >= 0.3 is 0 Å². The fraction of sp³-hybridized carbons (Fsp3) is 0.143. The van der Waals surface area contributed by atoms with E-state index in [-0.39, 0.29) is 11.3 Å². The molecule has 2 rings (SSSR count). The number of aryl methyl sites for hydroxylation is 2. The van der Waals surface area contributed by atoms with Gasteiger partial charge in [-0.05, 0) is 37.6 Å². The van der Waals surface area contributed by atoms with E-state index in [1.807, 2.05) is 26.0 Å². The summed E-state index contributed by atoms with van der Waals surface area (Å²) in [6.45, 7) is 3.82. The molecule has 0 N–H and O–H groups in total. The van der Waals surface area contributed by atoms with Gasteiger partial charge in [0.25, 0.3) is 5.69 Å². The normalized spacial score (nSPS) is 10.3. The molecule has 0 saturated heterocycles. The predicted octanol–water partition coefficient (Wildman–Crippen LogP) is 3.57. The van der Waals surface area contributed by atoms with Crippen LogP contribution in [-0.4, -0.2) is 16.2 Å². The zero-order valence-corrected chi connectivity index (χ0v) is 11.8. The Kier molecular flexibility index (Phi) is 4.14. The van der Waals surface area contributed by atoms with Gasteiger partial charge in [-0.15, -0.1) is 0 Å². The quantitative estimate of drug-likeness (QED) is 0.488. The minimum Gasteiger partial charge on any atom is -0.298 e. The van der Waals surface area contributed by atoms with Crippen molar-refractivity contribution in [3.8, 4) is 0 Å². The molecule has 5 nitrogen and oxygen atoms in total. The van der Waals surface area contributed by atoms with Crippen molar-refractivity contribution in [1.29, 1.82) is 0 Å². The largest absolute Gasteiger partial charge is 0.298 e. The highest BCUT2D eigenvalue weighted by Crippen LogP contribution is 2.34. The Labute approximate surface area is 120 Å². The van der Waals surface area contributed by atoms with E-state index in [0.717, 1.165) is 11.3 Å². The summed E-state index contributed by atoms with van der Waals surface area (Å²) < 4.78 is 0. The van der Waals surface area contributed by atoms with Crippen molar-refractivity contribution >= 4 is 23.7 Å². The number of nitro groups is 1. The Morgan fingerprint density at radius 2 is 2.00 bits per heavy atom. The lowest BCUT2D eigenvalue weighted by atomic mass is 10.2. The summed E-state index contributed by atoms with van der Waals surface area (Å²) >= 11 is 1.22. The third kappa shape index (κ3) is 3.21. The second-order valence-corrected chi connectivity index (χ2v) is 5.39. The van der Waals surface area contributed by atoms with Gasteiger partial charge in [-0.25, -0.2) is 4.98 Å². The molecule has 20 heavy (non-hydrogen) atoms. The molecule has 0 saturated carbocycles. The second-order valence-electron chi connectivity index (χ2n) is 4.33. The molecule has 0 aliphatic carbocycles. The summed E-state index contributed by atoms with van der Waals surface area (Å²) in [7, 11) is 0. The topological polar surface area (TPSA) is 73.1 Å². The highest BCUT2D eigenvalue weighted by Gasteiger charge is 2.16. The van der Waals surface area contributed by atoms with E-state index in [1.165, 1.54) is 17.8 Å². The summed E-state index contributed by atoms with van der Waals surface area (Å²) in [6.07, 6.45) is 0.594. The Hall–Kier alpha value is -2.21. The molecule has 0 radical (unpaired) electrons. The number of aldehydes is 1. The fourth-order valence-corrected chi connectivity index (χ4v) is 2.84. The Morgan fingerprint density at radius 3 is 2.60 bits per heavy atom. The van der Waals surface area contributed by atoms with Gasteiger partial charge in [0.15, 0.2) is 0 Å². The van der Waals surface area contributed by atoms with Crippen LogP contribution in [0.4, 0.5) is 5.69 Å². The van der Waals surface area contributed by atoms with Gasteiger partial charge in [-0.2, -0.15) is 0 Å². The minimum atomic E-state index is -0.488. The van der Waals surface area contributed by atoms with E-state index >= 15 is 0 Å². The number of pyridine rings is 1. The van der Waals surface area contributed by atoms with Crippen LogP contribution in [-0.2, 0) is 0 Å². The zero-order chi connectivity index (χ0) is 14.7. The lowest BCUT2D eigenvalue weighted by molar-refractivity contribution is -0.387. The van der Waals surface area contributed by atoms with Crippen LogP contribution in [0.15, 0.2) is 40.3 Å². The highest BCUT2D eigenvalue weighted by molar-refractivity contribution is 7.99. The Balaban J connectivity index is 2.42. The number of nitrogens with zero attached hydrogens (tertiary/aromatic N) is 2. The van der Waals surface area contributed by atoms with E-state index in [9.17, 15) is 14.9 Å². The van der Waals surface area contributed by atoms with Gasteiger partial charge in [0.1, 0.15) is 11.3 Å². The molecule has 0 amide bonds. The van der Waals surface area contributed by atoms with Gasteiger partial charge in [0.05, 0.1) is 9.82 Å². The molecule has 102 valence electrons. The molecule has 6 heteroatoms. The van der Waals surface area contributed by atoms with Crippen LogP contribution >= 0.6 is 11.8 Å². The van der Waals surface area contributed by atoms with Crippen molar-refractivity contribution < 1.29 is 9.72 Å². The maximum Gasteiger partial charge on any atom is 0.284 e. The van der Waals surface area contributed by atoms with E-state index in [1.54, 1.807) is 12.1 Å². The summed E-state index contributed by atoms with van der Waals surface area (Å²) in [5.74, 6) is 0. The van der Waals surface area contributed by atoms with Crippen molar-refractivity contribution in [1.82, 2.24) is 4.98 Å². The van der Waals surface area contributed by atoms with Crippen LogP contribution in [0.3, 0.4) is 0 Å². The molecule has 0 fully saturated rings. The lowest BCUT2D eigenvalue weighted by Crippen LogP contribution is -1.94. The SMILES string of the molecule is Cc1cc(C)nc(Sc2ccc(C=O)cc2[N+](=O)[O-])c1. The van der Waals surface area contributed by atoms with Gasteiger partial charge in [-0.3, -0.25) is 14.9 Å². The first-order valence-corrected chi connectivity index (χ1v) is 6.68. The first-order chi connectivity index (χ1) is 9.49. The highest BCUT2D eigenvalue weighted by atomic mass is 32.2. The fourth-order valence-electron chi connectivity index (χ4n) is 1.81. The van der Waals surface area contributed by atoms with Crippen molar-refractivity contribution in [2.75, 3.05) is 0 Å². The molecular formula is C14H12N2O3S. The third-order valence-corrected chi connectivity index (χ3v) is 3.59. The first kappa shape index (κ1) is 14.2. The van der Waals surface area contributed by atoms with Crippen LogP contribution in [0.1, 0.15) is 21.6 Å². The van der Waals surface area contributed by atoms with Crippen LogP contribution < -0.4 is 0 Å². The monoisotopic (exact) mass is 288 g/mol. The molecule has 0 aliphatic heterocycles. The number of nitro benzene ring substituents is 1. The van der Waals surface area contributed by atoms with E-state index in [2.05, 4.69) is 4.98 Å². The van der Waals surface area contributed by atoms with Crippen molar-refractivity contribution in [3.63, 3.8) is 0 Å². The lowest BCUT2D eigenvalue weighted by Gasteiger charge is -2.05. The summed E-state index contributed by atoms with van der Waals surface area (Å²) in [5.41, 5.74) is 2.11. The Bertz CT molecular complexity index is 666. The molecule has 0 aliphatic rings. The van der Waals surface area contributed by atoms with E-state index in [0.29, 0.717) is 16.2 Å². The van der Waals surface area contributed by atoms with Crippen LogP contribution in [0.5, 0.6) is 0 Å². The summed E-state index contributed by atoms with van der Waals surface area (Å²) in [6, 6.07) is 8.22. The zero-order valence-electron chi connectivity index (χ0n) is 11.0. The predicted molar refractivity (Wildman–Crippen MR) is 76.3 cm³/mol. The number of aromatic nitrogens is 1. The van der Waals surface area contributed by atoms with E-state index < -0.39 is 4.92 Å². The molecule has 1 aromatic heterocycles. The first-order valence-electron chi connectivity index (χ1n) is 5.86. The van der Waals surface area contributed by atoms with Crippen LogP contribution in [0.2, 0.25) is 0 Å². The maximum absolute atomic E-state index is 11.1. The molecular weight excluding hydrogens is 276 g/mol. The number of hydrogen-bond acceptors (Lipinski definition) is 5. The molecule has 1 aromatic carbocycles. The van der Waals surface area contributed by atoms with Gasteiger partial charge < -0.3 is 0 Å². The van der Waals surface area contributed by atoms with Crippen molar-refractivity contribution in [3.05, 3.63) is 57.3 Å². The van der Waals surface area contributed by atoms with Gasteiger partial charge in [0, 0.05) is 17.3 Å².